The molecule has 0 spiro atoms. The van der Waals surface area contributed by atoms with Crippen LogP contribution in [0.25, 0.3) is 27.1 Å². The molecule has 0 amide bonds. The molecule has 0 saturated carbocycles. The molecule has 1 atom stereocenters. The fourth-order valence-electron chi connectivity index (χ4n) is 5.06. The van der Waals surface area contributed by atoms with Crippen LogP contribution in [0.3, 0.4) is 0 Å². The SMILES string of the molecule is CC(C)(C)c1ccc2[cH-]c3ccc(C(C)(C)C)cc3c2c1.CC1[C-]=CC(c2ccccc2)=C1.[Cl-].[Cl-].[Zr+2]=[CH]Cc1ccccc1. The van der Waals surface area contributed by atoms with Gasteiger partial charge < -0.3 is 24.8 Å². The Labute approximate surface area is 293 Å². The Morgan fingerprint density at radius 2 is 1.18 bits per heavy atom. The molecular weight excluding hydrogens is 655 g/mol. The van der Waals surface area contributed by atoms with E-state index < -0.39 is 0 Å². The number of halogens is 2. The molecule has 44 heavy (non-hydrogen) atoms. The summed E-state index contributed by atoms with van der Waals surface area (Å²) in [6.45, 7) is 15.8. The number of allylic oxidation sites excluding steroid dienone is 4. The van der Waals surface area contributed by atoms with Gasteiger partial charge in [-0.1, -0.05) is 120 Å². The fourth-order valence-corrected chi connectivity index (χ4v) is 5.64. The van der Waals surface area contributed by atoms with E-state index in [4.69, 9.17) is 0 Å². The molecule has 0 N–H and O–H groups in total. The average molecular weight is 699 g/mol. The Morgan fingerprint density at radius 1 is 0.705 bits per heavy atom. The van der Waals surface area contributed by atoms with Crippen LogP contribution in [0.1, 0.15) is 70.7 Å². The molecule has 0 aliphatic heterocycles. The maximum atomic E-state index is 3.25. The summed E-state index contributed by atoms with van der Waals surface area (Å²) >= 11 is 1.51. The zero-order valence-corrected chi connectivity index (χ0v) is 31.1. The van der Waals surface area contributed by atoms with E-state index in [1.54, 1.807) is 0 Å². The normalized spacial score (nSPS) is 13.9. The van der Waals surface area contributed by atoms with Crippen molar-refractivity contribution < 1.29 is 49.0 Å². The van der Waals surface area contributed by atoms with E-state index in [1.807, 2.05) is 12.1 Å². The molecule has 0 heterocycles. The monoisotopic (exact) mass is 696 g/mol. The second kappa shape index (κ2) is 16.8. The van der Waals surface area contributed by atoms with E-state index in [0.29, 0.717) is 5.92 Å². The van der Waals surface area contributed by atoms with Crippen LogP contribution < -0.4 is 24.8 Å². The van der Waals surface area contributed by atoms with Gasteiger partial charge in [0.15, 0.2) is 0 Å². The van der Waals surface area contributed by atoms with Crippen molar-refractivity contribution in [2.24, 2.45) is 5.92 Å². The van der Waals surface area contributed by atoms with Gasteiger partial charge in [0.25, 0.3) is 0 Å². The molecular formula is C41H44Cl2Zr-2. The second-order valence-corrected chi connectivity index (χ2v) is 14.2. The molecule has 3 heteroatoms. The number of hydrogen-bond acceptors (Lipinski definition) is 0. The van der Waals surface area contributed by atoms with Crippen LogP contribution in [-0.4, -0.2) is 3.71 Å². The summed E-state index contributed by atoms with van der Waals surface area (Å²) in [5.41, 5.74) is 7.19. The topological polar surface area (TPSA) is 0 Å². The molecule has 1 unspecified atom stereocenters. The van der Waals surface area contributed by atoms with Gasteiger partial charge in [-0.25, -0.2) is 6.08 Å². The summed E-state index contributed by atoms with van der Waals surface area (Å²) in [6, 6.07) is 37.1. The van der Waals surface area contributed by atoms with E-state index >= 15 is 0 Å². The van der Waals surface area contributed by atoms with Gasteiger partial charge in [-0.2, -0.15) is 11.6 Å². The first-order valence-corrected chi connectivity index (χ1v) is 16.4. The average Bonchev–Trinajstić information content (AvgIpc) is 3.57. The fraction of sp³-hybridized carbons (Fsp3) is 0.268. The molecule has 0 bridgehead atoms. The van der Waals surface area contributed by atoms with Crippen LogP contribution in [0.2, 0.25) is 0 Å². The minimum atomic E-state index is 0. The van der Waals surface area contributed by atoms with Crippen molar-refractivity contribution in [1.29, 1.82) is 0 Å². The summed E-state index contributed by atoms with van der Waals surface area (Å²) in [6.07, 6.45) is 8.68. The van der Waals surface area contributed by atoms with Gasteiger partial charge >= 0.3 is 70.3 Å². The van der Waals surface area contributed by atoms with Gasteiger partial charge in [0.1, 0.15) is 0 Å². The third kappa shape index (κ3) is 10.3. The quantitative estimate of drug-likeness (QED) is 0.234. The van der Waals surface area contributed by atoms with Crippen LogP contribution in [0.15, 0.2) is 115 Å². The van der Waals surface area contributed by atoms with Gasteiger partial charge in [-0.15, -0.1) is 45.3 Å². The molecule has 228 valence electrons. The Kier molecular flexibility index (Phi) is 14.4. The van der Waals surface area contributed by atoms with Gasteiger partial charge in [0, 0.05) is 0 Å². The Balaban J connectivity index is 0.000000250. The second-order valence-electron chi connectivity index (χ2n) is 13.2. The molecule has 0 aromatic heterocycles. The standard InChI is InChI=1S/C21H25.C12H11.C8H8.2ClH.Zr/c1-20(2,3)16-9-7-14-11-15-8-10-17(21(4,5)6)13-19(15)18(14)12-16;1-10-7-8-12(9-10)11-5-3-2-4-6-11;1-2-8-6-4-3-5-7-8;;;/h7-13H,1-6H3;2-6,8-10H,1H3;1,3-7H,2H2;2*1H;/q2*-1;;;;+2/p-2. The molecule has 5 aromatic rings. The van der Waals surface area contributed by atoms with Crippen LogP contribution in [0.5, 0.6) is 0 Å². The molecule has 1 aliphatic carbocycles. The molecule has 5 aromatic carbocycles. The van der Waals surface area contributed by atoms with Crippen LogP contribution in [-0.2, 0) is 41.5 Å². The van der Waals surface area contributed by atoms with Crippen molar-refractivity contribution in [2.45, 2.75) is 65.7 Å². The minimum absolute atomic E-state index is 0. The third-order valence-electron chi connectivity index (χ3n) is 7.66. The Morgan fingerprint density at radius 3 is 1.59 bits per heavy atom. The summed E-state index contributed by atoms with van der Waals surface area (Å²) in [5, 5.41) is 5.49. The number of rotatable bonds is 3. The first kappa shape index (κ1) is 37.7. The predicted octanol–water partition coefficient (Wildman–Crippen LogP) is 4.97. The maximum absolute atomic E-state index is 3.25. The molecule has 6 rings (SSSR count). The summed E-state index contributed by atoms with van der Waals surface area (Å²) < 4.78 is 2.25. The van der Waals surface area contributed by atoms with E-state index in [2.05, 4.69) is 161 Å². The van der Waals surface area contributed by atoms with Crippen LogP contribution in [0.4, 0.5) is 0 Å². The zero-order chi connectivity index (χ0) is 30.3. The van der Waals surface area contributed by atoms with Gasteiger partial charge in [0.05, 0.1) is 0 Å². The van der Waals surface area contributed by atoms with E-state index in [1.165, 1.54) is 73.6 Å². The molecule has 1 aliphatic rings. The van der Waals surface area contributed by atoms with E-state index in [-0.39, 0.29) is 35.6 Å². The molecule has 0 radical (unpaired) electrons. The number of fused-ring (bicyclic) bond motifs is 3. The van der Waals surface area contributed by atoms with Gasteiger partial charge in [0.2, 0.25) is 0 Å². The zero-order valence-electron chi connectivity index (χ0n) is 27.1. The first-order valence-electron chi connectivity index (χ1n) is 15.0. The van der Waals surface area contributed by atoms with Gasteiger partial charge in [-0.3, -0.25) is 6.08 Å². The van der Waals surface area contributed by atoms with Crippen molar-refractivity contribution in [1.82, 2.24) is 0 Å². The molecule has 0 fully saturated rings. The number of hydrogen-bond donors (Lipinski definition) is 0. The Bertz CT molecular complexity index is 1610. The van der Waals surface area contributed by atoms with E-state index in [9.17, 15) is 0 Å². The Hall–Kier alpha value is -2.44. The summed E-state index contributed by atoms with van der Waals surface area (Å²) in [4.78, 5) is 0. The van der Waals surface area contributed by atoms with Crippen molar-refractivity contribution in [3.05, 3.63) is 144 Å². The van der Waals surface area contributed by atoms with Crippen LogP contribution in [0, 0.1) is 12.0 Å². The van der Waals surface area contributed by atoms with Crippen LogP contribution >= 0.6 is 0 Å². The third-order valence-corrected chi connectivity index (χ3v) is 8.16. The van der Waals surface area contributed by atoms with Crippen molar-refractivity contribution in [2.75, 3.05) is 0 Å². The predicted molar refractivity (Wildman–Crippen MR) is 182 cm³/mol. The van der Waals surface area contributed by atoms with Gasteiger partial charge in [-0.05, 0) is 10.8 Å². The number of benzene rings is 4. The molecule has 0 nitrogen and oxygen atoms in total. The van der Waals surface area contributed by atoms with Crippen molar-refractivity contribution >= 4 is 30.8 Å². The van der Waals surface area contributed by atoms with E-state index in [0.717, 1.165) is 6.42 Å². The van der Waals surface area contributed by atoms with Crippen molar-refractivity contribution in [3.8, 4) is 0 Å². The first-order chi connectivity index (χ1) is 20.0. The molecule has 0 saturated heterocycles. The summed E-state index contributed by atoms with van der Waals surface area (Å²) in [5.74, 6) is 0.472. The van der Waals surface area contributed by atoms with Crippen molar-refractivity contribution in [3.63, 3.8) is 0 Å². The summed E-state index contributed by atoms with van der Waals surface area (Å²) in [7, 11) is 0.